The van der Waals surface area contributed by atoms with Gasteiger partial charge in [-0.3, -0.25) is 14.8 Å². The van der Waals surface area contributed by atoms with Gasteiger partial charge >= 0.3 is 0 Å². The number of quaternary nitrogens is 1. The number of primary amides is 1. The zero-order valence-electron chi connectivity index (χ0n) is 19.2. The van der Waals surface area contributed by atoms with Crippen molar-refractivity contribution in [1.29, 1.82) is 0 Å². The van der Waals surface area contributed by atoms with E-state index in [0.717, 1.165) is 70.8 Å². The van der Waals surface area contributed by atoms with Crippen molar-refractivity contribution in [2.24, 2.45) is 33.4 Å². The van der Waals surface area contributed by atoms with Crippen molar-refractivity contribution in [3.05, 3.63) is 84.1 Å². The Morgan fingerprint density at radius 3 is 2.60 bits per heavy atom. The minimum absolute atomic E-state index is 0.0278. The summed E-state index contributed by atoms with van der Waals surface area (Å²) in [6.07, 6.45) is 10.4. The fraction of sp³-hybridized carbons (Fsp3) is 0.222. The Kier molecular flexibility index (Phi) is 5.12. The van der Waals surface area contributed by atoms with E-state index in [1.54, 1.807) is 12.4 Å². The van der Waals surface area contributed by atoms with Crippen LogP contribution in [0.4, 0.5) is 0 Å². The molecule has 0 radical (unpaired) electrons. The predicted octanol–water partition coefficient (Wildman–Crippen LogP) is 3.81. The van der Waals surface area contributed by atoms with Crippen LogP contribution in [0.2, 0.25) is 0 Å². The number of fused-ring (bicyclic) bond motifs is 2. The maximum Gasteiger partial charge on any atom is 0.264 e. The molecule has 8 heteroatoms. The summed E-state index contributed by atoms with van der Waals surface area (Å²) >= 11 is 0. The van der Waals surface area contributed by atoms with Gasteiger partial charge in [0.15, 0.2) is 0 Å². The molecule has 1 aliphatic carbocycles. The third-order valence-corrected chi connectivity index (χ3v) is 7.22. The number of nitrogens with zero attached hydrogens (tertiary/aromatic N) is 5. The number of allylic oxidation sites excluding steroid dienone is 2. The number of pyridine rings is 2. The summed E-state index contributed by atoms with van der Waals surface area (Å²) in [6.45, 7) is 0. The molecule has 1 fully saturated rings. The number of amidine groups is 1. The number of carbonyl (C=O) groups is 1. The van der Waals surface area contributed by atoms with Crippen LogP contribution in [-0.4, -0.2) is 32.5 Å². The van der Waals surface area contributed by atoms with Crippen molar-refractivity contribution < 1.29 is 9.39 Å². The third-order valence-electron chi connectivity index (χ3n) is 7.22. The van der Waals surface area contributed by atoms with E-state index in [0.29, 0.717) is 0 Å². The Bertz CT molecular complexity index is 1450. The summed E-state index contributed by atoms with van der Waals surface area (Å²) in [5.41, 5.74) is 10.8. The van der Waals surface area contributed by atoms with Gasteiger partial charge in [0, 0.05) is 23.4 Å². The van der Waals surface area contributed by atoms with E-state index in [9.17, 15) is 4.79 Å². The highest BCUT2D eigenvalue weighted by molar-refractivity contribution is 6.02. The van der Waals surface area contributed by atoms with Gasteiger partial charge in [-0.25, -0.2) is 4.98 Å². The Labute approximate surface area is 203 Å². The molecule has 4 heterocycles. The van der Waals surface area contributed by atoms with Crippen molar-refractivity contribution in [3.8, 4) is 11.4 Å². The average molecular weight is 465 g/mol. The van der Waals surface area contributed by atoms with E-state index >= 15 is 0 Å². The summed E-state index contributed by atoms with van der Waals surface area (Å²) in [7, 11) is 0. The number of rotatable bonds is 4. The normalized spacial score (nSPS) is 25.6. The van der Waals surface area contributed by atoms with Crippen LogP contribution in [0, 0.1) is 11.8 Å². The van der Waals surface area contributed by atoms with Crippen LogP contribution < -0.4 is 11.6 Å². The Hall–Kier alpha value is -4.01. The largest absolute Gasteiger partial charge is 0.369 e. The number of hydrogen-bond acceptors (Lipinski definition) is 6. The highest BCUT2D eigenvalue weighted by atomic mass is 16.1. The molecule has 0 bridgehead atoms. The van der Waals surface area contributed by atoms with Gasteiger partial charge in [-0.2, -0.15) is 10.8 Å². The monoisotopic (exact) mass is 464 g/mol. The molecule has 0 saturated heterocycles. The molecule has 3 aliphatic rings. The first-order valence-electron chi connectivity index (χ1n) is 11.9. The van der Waals surface area contributed by atoms with E-state index in [1.165, 1.54) is 0 Å². The molecule has 8 nitrogen and oxygen atoms in total. The molecular weight excluding hydrogens is 438 g/mol. The van der Waals surface area contributed by atoms with Gasteiger partial charge in [0.1, 0.15) is 11.9 Å². The lowest BCUT2D eigenvalue weighted by Gasteiger charge is -2.28. The summed E-state index contributed by atoms with van der Waals surface area (Å²) in [4.78, 5) is 30.4. The smallest absolute Gasteiger partial charge is 0.264 e. The molecule has 1 aromatic carbocycles. The topological polar surface area (TPSA) is 120 Å². The lowest BCUT2D eigenvalue weighted by Crippen LogP contribution is -2.53. The van der Waals surface area contributed by atoms with E-state index in [-0.39, 0.29) is 22.3 Å². The number of aromatic nitrogens is 2. The standard InChI is InChI=1S/C27H25N7O/c28-26(35)19-7-5-18(6-8-19)25-24-16-30-13-14-34(24,29)27(33-25)20-9-4-17-10-11-22(32-23(17)15-20)21-3-1-2-12-31-21/h1-4,9-16,18-19H,5-8,29H2,(H-,28,35)/p+1. The lowest BCUT2D eigenvalue weighted by atomic mass is 9.80. The van der Waals surface area contributed by atoms with Crippen LogP contribution in [0.15, 0.2) is 88.5 Å². The Morgan fingerprint density at radius 1 is 1.00 bits per heavy atom. The van der Waals surface area contributed by atoms with Gasteiger partial charge in [0.05, 0.1) is 34.9 Å². The average Bonchev–Trinajstić information content (AvgIpc) is 3.21. The molecule has 1 atom stereocenters. The number of amides is 1. The van der Waals surface area contributed by atoms with Gasteiger partial charge in [-0.05, 0) is 56.0 Å². The second kappa shape index (κ2) is 8.33. The second-order valence-corrected chi connectivity index (χ2v) is 9.33. The van der Waals surface area contributed by atoms with E-state index < -0.39 is 0 Å². The van der Waals surface area contributed by atoms with Gasteiger partial charge in [-0.1, -0.05) is 18.2 Å². The molecule has 1 amide bonds. The number of carbonyl (C=O) groups excluding carboxylic acids is 1. The van der Waals surface area contributed by atoms with Crippen LogP contribution >= 0.6 is 0 Å². The minimum Gasteiger partial charge on any atom is -0.369 e. The van der Waals surface area contributed by atoms with Crippen LogP contribution in [0.3, 0.4) is 0 Å². The number of nitrogens with two attached hydrogens (primary N) is 2. The third kappa shape index (κ3) is 3.67. The summed E-state index contributed by atoms with van der Waals surface area (Å²) in [5, 5.41) is 1.03. The van der Waals surface area contributed by atoms with Crippen LogP contribution in [0.5, 0.6) is 0 Å². The maximum absolute atomic E-state index is 11.6. The first kappa shape index (κ1) is 21.5. The first-order chi connectivity index (χ1) is 17.0. The van der Waals surface area contributed by atoms with Crippen LogP contribution in [-0.2, 0) is 4.79 Å². The number of benzene rings is 1. The SMILES string of the molecule is NC(=O)C1CCC(C2=C3C=NC=C[N+]3(N)C(c3ccc4ccc(-c5ccccn5)nc4c3)=N2)CC1. The van der Waals surface area contributed by atoms with Gasteiger partial charge in [0.25, 0.3) is 5.84 Å². The molecule has 3 aromatic rings. The van der Waals surface area contributed by atoms with Gasteiger partial charge in [0.2, 0.25) is 11.6 Å². The van der Waals surface area contributed by atoms with Crippen molar-refractivity contribution in [3.63, 3.8) is 0 Å². The quantitative estimate of drug-likeness (QED) is 0.451. The van der Waals surface area contributed by atoms with Crippen molar-refractivity contribution in [2.45, 2.75) is 25.7 Å². The fourth-order valence-corrected chi connectivity index (χ4v) is 5.27. The number of hydrogen-bond donors (Lipinski definition) is 2. The molecule has 35 heavy (non-hydrogen) atoms. The van der Waals surface area contributed by atoms with Gasteiger partial charge < -0.3 is 5.73 Å². The second-order valence-electron chi connectivity index (χ2n) is 9.33. The molecule has 174 valence electrons. The molecule has 4 N–H and O–H groups in total. The molecular formula is C27H26N7O+. The van der Waals surface area contributed by atoms with E-state index in [4.69, 9.17) is 21.6 Å². The highest BCUT2D eigenvalue weighted by Crippen LogP contribution is 2.41. The van der Waals surface area contributed by atoms with Crippen molar-refractivity contribution in [1.82, 2.24) is 9.97 Å². The molecule has 6 rings (SSSR count). The molecule has 2 aromatic heterocycles. The highest BCUT2D eigenvalue weighted by Gasteiger charge is 2.46. The Morgan fingerprint density at radius 2 is 1.83 bits per heavy atom. The van der Waals surface area contributed by atoms with E-state index in [2.05, 4.69) is 16.0 Å². The summed E-state index contributed by atoms with van der Waals surface area (Å²) in [6, 6.07) is 16.0. The van der Waals surface area contributed by atoms with Crippen molar-refractivity contribution >= 4 is 28.9 Å². The summed E-state index contributed by atoms with van der Waals surface area (Å²) in [5.74, 6) is 7.63. The van der Waals surface area contributed by atoms with Crippen LogP contribution in [0.1, 0.15) is 31.2 Å². The maximum atomic E-state index is 11.6. The predicted molar refractivity (Wildman–Crippen MR) is 135 cm³/mol. The molecule has 2 aliphatic heterocycles. The zero-order chi connectivity index (χ0) is 24.0. The minimum atomic E-state index is -0.212. The zero-order valence-corrected chi connectivity index (χ0v) is 19.2. The fourth-order valence-electron chi connectivity index (χ4n) is 5.27. The first-order valence-corrected chi connectivity index (χ1v) is 11.9. The molecule has 0 spiro atoms. The van der Waals surface area contributed by atoms with Crippen molar-refractivity contribution in [2.75, 3.05) is 0 Å². The number of aliphatic imine (C=N–C) groups is 2. The lowest BCUT2D eigenvalue weighted by molar-refractivity contribution is -0.750. The van der Waals surface area contributed by atoms with E-state index in [1.807, 2.05) is 54.9 Å². The molecule has 1 saturated carbocycles. The Balaban J connectivity index is 1.39. The summed E-state index contributed by atoms with van der Waals surface area (Å²) < 4.78 is -0.0278. The van der Waals surface area contributed by atoms with Gasteiger partial charge in [-0.15, -0.1) is 4.59 Å². The molecule has 1 unspecified atom stereocenters. The van der Waals surface area contributed by atoms with Crippen LogP contribution in [0.25, 0.3) is 22.3 Å².